The number of benzene rings is 2. The number of anilines is 1. The molecular weight excluding hydrogens is 364 g/mol. The van der Waals surface area contributed by atoms with Gasteiger partial charge in [-0.3, -0.25) is 10.9 Å². The number of rotatable bonds is 5. The van der Waals surface area contributed by atoms with Gasteiger partial charge in [0.1, 0.15) is 5.75 Å². The van der Waals surface area contributed by atoms with Crippen LogP contribution in [0.1, 0.15) is 30.9 Å². The molecule has 7 heteroatoms. The van der Waals surface area contributed by atoms with Crippen molar-refractivity contribution in [3.8, 4) is 5.75 Å². The smallest absolute Gasteiger partial charge is 0.189 e. The molecule has 5 nitrogen and oxygen atoms in total. The molecule has 0 aliphatic carbocycles. The van der Waals surface area contributed by atoms with Gasteiger partial charge in [0, 0.05) is 12.2 Å². The van der Waals surface area contributed by atoms with Crippen LogP contribution >= 0.6 is 24.4 Å². The first-order valence-electron chi connectivity index (χ1n) is 8.31. The molecular formula is C19H24N4OS2. The van der Waals surface area contributed by atoms with E-state index in [9.17, 15) is 0 Å². The first-order chi connectivity index (χ1) is 12.5. The number of nitrogens with one attached hydrogen (secondary N) is 4. The summed E-state index contributed by atoms with van der Waals surface area (Å²) in [5.74, 6) is 1.33. The van der Waals surface area contributed by atoms with Crippen molar-refractivity contribution in [2.24, 2.45) is 0 Å². The number of hydrogen-bond donors (Lipinski definition) is 4. The molecule has 0 fully saturated rings. The molecule has 0 spiro atoms. The highest BCUT2D eigenvalue weighted by Gasteiger charge is 2.02. The van der Waals surface area contributed by atoms with E-state index >= 15 is 0 Å². The van der Waals surface area contributed by atoms with Crippen molar-refractivity contribution in [1.29, 1.82) is 0 Å². The van der Waals surface area contributed by atoms with Crippen LogP contribution in [0.15, 0.2) is 48.5 Å². The number of ether oxygens (including phenoxy) is 1. The minimum absolute atomic E-state index is 0.441. The quantitative estimate of drug-likeness (QED) is 0.460. The fourth-order valence-corrected chi connectivity index (χ4v) is 2.49. The lowest BCUT2D eigenvalue weighted by molar-refractivity contribution is 0.414. The van der Waals surface area contributed by atoms with Crippen LogP contribution in [0, 0.1) is 0 Å². The van der Waals surface area contributed by atoms with Gasteiger partial charge in [0.05, 0.1) is 7.11 Å². The fourth-order valence-electron chi connectivity index (χ4n) is 2.20. The average molecular weight is 389 g/mol. The van der Waals surface area contributed by atoms with Crippen LogP contribution in [-0.4, -0.2) is 17.3 Å². The first-order valence-corrected chi connectivity index (χ1v) is 9.13. The molecule has 0 aromatic heterocycles. The normalized spacial score (nSPS) is 10.2. The molecule has 0 radical (unpaired) electrons. The van der Waals surface area contributed by atoms with Crippen molar-refractivity contribution >= 4 is 40.3 Å². The monoisotopic (exact) mass is 388 g/mol. The molecule has 138 valence electrons. The van der Waals surface area contributed by atoms with E-state index in [1.165, 1.54) is 5.56 Å². The second-order valence-corrected chi connectivity index (χ2v) is 6.83. The minimum atomic E-state index is 0.441. The summed E-state index contributed by atoms with van der Waals surface area (Å²) in [6, 6.07) is 16.0. The van der Waals surface area contributed by atoms with E-state index < -0.39 is 0 Å². The van der Waals surface area contributed by atoms with Gasteiger partial charge in [-0.2, -0.15) is 0 Å². The second kappa shape index (κ2) is 9.94. The maximum atomic E-state index is 5.26. The number of hydrogen-bond acceptors (Lipinski definition) is 3. The summed E-state index contributed by atoms with van der Waals surface area (Å²) < 4.78 is 5.14. The molecule has 0 saturated heterocycles. The molecule has 2 aromatic carbocycles. The SMILES string of the molecule is COc1ccc(CNC(=S)NNC(=S)Nc2ccc(C(C)C)cc2)cc1. The van der Waals surface area contributed by atoms with Crippen LogP contribution in [-0.2, 0) is 6.54 Å². The highest BCUT2D eigenvalue weighted by molar-refractivity contribution is 7.80. The van der Waals surface area contributed by atoms with Crippen molar-refractivity contribution < 1.29 is 4.74 Å². The standard InChI is InChI=1S/C19H24N4OS2/c1-13(2)15-6-8-16(9-7-15)21-19(26)23-22-18(25)20-12-14-4-10-17(24-3)11-5-14/h4-11,13H,12H2,1-3H3,(H2,20,22,25)(H2,21,23,26). The Labute approximate surface area is 165 Å². The molecule has 0 unspecified atom stereocenters. The largest absolute Gasteiger partial charge is 0.497 e. The Kier molecular flexibility index (Phi) is 7.62. The lowest BCUT2D eigenvalue weighted by atomic mass is 10.0. The third-order valence-corrected chi connectivity index (χ3v) is 4.19. The van der Waals surface area contributed by atoms with Gasteiger partial charge >= 0.3 is 0 Å². The summed E-state index contributed by atoms with van der Waals surface area (Å²) in [5.41, 5.74) is 9.04. The third kappa shape index (κ3) is 6.50. The summed E-state index contributed by atoms with van der Waals surface area (Å²) in [5, 5.41) is 7.11. The minimum Gasteiger partial charge on any atom is -0.497 e. The van der Waals surface area contributed by atoms with E-state index in [-0.39, 0.29) is 0 Å². The molecule has 2 rings (SSSR count). The van der Waals surface area contributed by atoms with Crippen molar-refractivity contribution in [2.45, 2.75) is 26.3 Å². The second-order valence-electron chi connectivity index (χ2n) is 6.01. The highest BCUT2D eigenvalue weighted by Crippen LogP contribution is 2.17. The molecule has 0 aliphatic rings. The topological polar surface area (TPSA) is 57.4 Å². The lowest BCUT2D eigenvalue weighted by Crippen LogP contribution is -2.47. The Morgan fingerprint density at radius 3 is 2.12 bits per heavy atom. The predicted molar refractivity (Wildman–Crippen MR) is 115 cm³/mol. The maximum absolute atomic E-state index is 5.26. The van der Waals surface area contributed by atoms with Crippen LogP contribution in [0.3, 0.4) is 0 Å². The molecule has 0 heterocycles. The van der Waals surface area contributed by atoms with Crippen LogP contribution in [0.4, 0.5) is 5.69 Å². The first kappa shape index (κ1) is 19.9. The van der Waals surface area contributed by atoms with E-state index in [0.29, 0.717) is 22.7 Å². The Morgan fingerprint density at radius 1 is 0.923 bits per heavy atom. The lowest BCUT2D eigenvalue weighted by Gasteiger charge is -2.15. The Bertz CT molecular complexity index is 730. The Hall–Kier alpha value is -2.38. The van der Waals surface area contributed by atoms with Crippen LogP contribution < -0.4 is 26.2 Å². The van der Waals surface area contributed by atoms with E-state index in [1.54, 1.807) is 7.11 Å². The van der Waals surface area contributed by atoms with Crippen molar-refractivity contribution in [2.75, 3.05) is 12.4 Å². The summed E-state index contributed by atoms with van der Waals surface area (Å²) >= 11 is 10.5. The van der Waals surface area contributed by atoms with Gasteiger partial charge in [-0.05, 0) is 65.7 Å². The predicted octanol–water partition coefficient (Wildman–Crippen LogP) is 3.68. The Morgan fingerprint density at radius 2 is 1.54 bits per heavy atom. The Balaban J connectivity index is 1.71. The molecule has 0 aliphatic heterocycles. The molecule has 4 N–H and O–H groups in total. The zero-order chi connectivity index (χ0) is 18.9. The van der Waals surface area contributed by atoms with Gasteiger partial charge in [0.2, 0.25) is 0 Å². The van der Waals surface area contributed by atoms with Crippen LogP contribution in [0.5, 0.6) is 5.75 Å². The number of hydrazine groups is 1. The fraction of sp³-hybridized carbons (Fsp3) is 0.263. The van der Waals surface area contributed by atoms with Gasteiger partial charge in [-0.25, -0.2) is 0 Å². The van der Waals surface area contributed by atoms with Crippen molar-refractivity contribution in [3.63, 3.8) is 0 Å². The van der Waals surface area contributed by atoms with E-state index in [2.05, 4.69) is 47.5 Å². The number of thiocarbonyl (C=S) groups is 2. The molecule has 26 heavy (non-hydrogen) atoms. The number of methoxy groups -OCH3 is 1. The zero-order valence-corrected chi connectivity index (χ0v) is 16.8. The highest BCUT2D eigenvalue weighted by atomic mass is 32.1. The van der Waals surface area contributed by atoms with Crippen LogP contribution in [0.25, 0.3) is 0 Å². The maximum Gasteiger partial charge on any atom is 0.189 e. The molecule has 2 aromatic rings. The van der Waals surface area contributed by atoms with E-state index in [4.69, 9.17) is 29.2 Å². The average Bonchev–Trinajstić information content (AvgIpc) is 2.65. The third-order valence-electron chi connectivity index (χ3n) is 3.74. The van der Waals surface area contributed by atoms with E-state index in [1.807, 2.05) is 36.4 Å². The van der Waals surface area contributed by atoms with Gasteiger partial charge in [-0.1, -0.05) is 38.1 Å². The van der Waals surface area contributed by atoms with Crippen molar-refractivity contribution in [3.05, 3.63) is 59.7 Å². The molecule has 0 bridgehead atoms. The van der Waals surface area contributed by atoms with Crippen molar-refractivity contribution in [1.82, 2.24) is 16.2 Å². The van der Waals surface area contributed by atoms with Gasteiger partial charge in [0.25, 0.3) is 0 Å². The summed E-state index contributed by atoms with van der Waals surface area (Å²) in [6.07, 6.45) is 0. The van der Waals surface area contributed by atoms with Gasteiger partial charge in [-0.15, -0.1) is 0 Å². The van der Waals surface area contributed by atoms with Gasteiger partial charge < -0.3 is 15.4 Å². The zero-order valence-electron chi connectivity index (χ0n) is 15.1. The van der Waals surface area contributed by atoms with E-state index in [0.717, 1.165) is 17.0 Å². The molecule has 0 amide bonds. The molecule has 0 atom stereocenters. The summed E-state index contributed by atoms with van der Waals surface area (Å²) in [7, 11) is 1.65. The van der Waals surface area contributed by atoms with Crippen LogP contribution in [0.2, 0.25) is 0 Å². The summed E-state index contributed by atoms with van der Waals surface area (Å²) in [4.78, 5) is 0. The van der Waals surface area contributed by atoms with Gasteiger partial charge in [0.15, 0.2) is 10.2 Å². The summed E-state index contributed by atoms with van der Waals surface area (Å²) in [6.45, 7) is 4.94. The molecule has 0 saturated carbocycles.